The van der Waals surface area contributed by atoms with Crippen molar-refractivity contribution >= 4 is 21.7 Å². The van der Waals surface area contributed by atoms with Crippen LogP contribution in [-0.2, 0) is 9.84 Å². The Kier molecular flexibility index (Phi) is 4.60. The molecular formula is C14H18N4O3S. The first-order valence-corrected chi connectivity index (χ1v) is 8.55. The maximum Gasteiger partial charge on any atom is 0.259 e. The Balaban J connectivity index is 2.30. The number of rotatable bonds is 5. The Morgan fingerprint density at radius 2 is 2.00 bits per heavy atom. The van der Waals surface area contributed by atoms with Crippen LogP contribution in [0.1, 0.15) is 42.9 Å². The maximum atomic E-state index is 12.3. The Bertz CT molecular complexity index is 781. The Hall–Kier alpha value is -2.22. The van der Waals surface area contributed by atoms with Crippen LogP contribution in [0.5, 0.6) is 0 Å². The first kappa shape index (κ1) is 16.2. The van der Waals surface area contributed by atoms with Crippen LogP contribution in [0.4, 0.5) is 5.95 Å². The zero-order chi connectivity index (χ0) is 16.3. The molecule has 1 aromatic heterocycles. The van der Waals surface area contributed by atoms with Crippen molar-refractivity contribution < 1.29 is 13.2 Å². The maximum absolute atomic E-state index is 12.3. The van der Waals surface area contributed by atoms with Crippen molar-refractivity contribution in [1.29, 1.82) is 0 Å². The van der Waals surface area contributed by atoms with Gasteiger partial charge in [-0.2, -0.15) is 4.98 Å². The summed E-state index contributed by atoms with van der Waals surface area (Å²) in [4.78, 5) is 16.5. The number of carbonyl (C=O) groups is 1. The van der Waals surface area contributed by atoms with Crippen LogP contribution >= 0.6 is 0 Å². The van der Waals surface area contributed by atoms with Crippen molar-refractivity contribution in [3.8, 4) is 0 Å². The highest BCUT2D eigenvalue weighted by Gasteiger charge is 2.21. The average molecular weight is 322 g/mol. The zero-order valence-corrected chi connectivity index (χ0v) is 13.4. The second-order valence-corrected chi connectivity index (χ2v) is 7.30. The number of nitrogens with one attached hydrogen (secondary N) is 2. The molecule has 1 aromatic carbocycles. The van der Waals surface area contributed by atoms with Gasteiger partial charge in [0.15, 0.2) is 9.84 Å². The van der Waals surface area contributed by atoms with E-state index in [0.717, 1.165) is 0 Å². The van der Waals surface area contributed by atoms with Gasteiger partial charge in [-0.1, -0.05) is 32.9 Å². The van der Waals surface area contributed by atoms with E-state index in [1.165, 1.54) is 19.1 Å². The third-order valence-electron chi connectivity index (χ3n) is 3.12. The second-order valence-electron chi connectivity index (χ2n) is 5.05. The van der Waals surface area contributed by atoms with Crippen molar-refractivity contribution in [2.45, 2.75) is 31.6 Å². The van der Waals surface area contributed by atoms with Gasteiger partial charge in [-0.25, -0.2) is 8.42 Å². The Morgan fingerprint density at radius 3 is 2.59 bits per heavy atom. The van der Waals surface area contributed by atoms with Gasteiger partial charge in [-0.05, 0) is 12.1 Å². The minimum Gasteiger partial charge on any atom is -0.289 e. The number of aromatic amines is 1. The number of hydrogen-bond acceptors (Lipinski definition) is 5. The molecule has 0 radical (unpaired) electrons. The minimum absolute atomic E-state index is 0.00891. The third kappa shape index (κ3) is 3.33. The van der Waals surface area contributed by atoms with Crippen LogP contribution in [-0.4, -0.2) is 35.3 Å². The van der Waals surface area contributed by atoms with Crippen molar-refractivity contribution in [3.63, 3.8) is 0 Å². The molecule has 0 saturated heterocycles. The molecule has 0 unspecified atom stereocenters. The van der Waals surface area contributed by atoms with Gasteiger partial charge < -0.3 is 0 Å². The summed E-state index contributed by atoms with van der Waals surface area (Å²) in [6.45, 7) is 5.42. The molecule has 1 heterocycles. The van der Waals surface area contributed by atoms with E-state index < -0.39 is 15.7 Å². The lowest BCUT2D eigenvalue weighted by atomic mass is 10.2. The fourth-order valence-corrected chi connectivity index (χ4v) is 2.93. The molecule has 0 spiro atoms. The van der Waals surface area contributed by atoms with E-state index in [1.807, 2.05) is 13.8 Å². The number of aromatic nitrogens is 3. The van der Waals surface area contributed by atoms with Crippen LogP contribution in [0, 0.1) is 0 Å². The number of H-pyrrole nitrogens is 1. The molecule has 0 saturated carbocycles. The van der Waals surface area contributed by atoms with Crippen LogP contribution in [0.3, 0.4) is 0 Å². The van der Waals surface area contributed by atoms with E-state index in [-0.39, 0.29) is 28.1 Å². The van der Waals surface area contributed by atoms with E-state index in [4.69, 9.17) is 0 Å². The van der Waals surface area contributed by atoms with Crippen molar-refractivity contribution in [1.82, 2.24) is 15.2 Å². The van der Waals surface area contributed by atoms with E-state index in [0.29, 0.717) is 5.82 Å². The van der Waals surface area contributed by atoms with Gasteiger partial charge in [0.25, 0.3) is 5.91 Å². The van der Waals surface area contributed by atoms with Crippen LogP contribution in [0.2, 0.25) is 0 Å². The predicted octanol–water partition coefficient (Wildman–Crippen LogP) is 1.97. The van der Waals surface area contributed by atoms with Gasteiger partial charge in [0, 0.05) is 5.92 Å². The van der Waals surface area contributed by atoms with E-state index in [2.05, 4.69) is 20.5 Å². The summed E-state index contributed by atoms with van der Waals surface area (Å²) in [5.41, 5.74) is 0.0836. The number of benzene rings is 1. The molecule has 1 amide bonds. The van der Waals surface area contributed by atoms with Crippen LogP contribution in [0.15, 0.2) is 29.2 Å². The number of carbonyl (C=O) groups excluding carboxylic acids is 1. The lowest BCUT2D eigenvalue weighted by molar-refractivity contribution is 0.102. The van der Waals surface area contributed by atoms with Gasteiger partial charge in [0.05, 0.1) is 16.2 Å². The molecule has 0 bridgehead atoms. The average Bonchev–Trinajstić information content (AvgIpc) is 2.96. The summed E-state index contributed by atoms with van der Waals surface area (Å²) in [5, 5.41) is 9.13. The fraction of sp³-hybridized carbons (Fsp3) is 0.357. The summed E-state index contributed by atoms with van der Waals surface area (Å²) in [7, 11) is -3.48. The third-order valence-corrected chi connectivity index (χ3v) is 4.91. The van der Waals surface area contributed by atoms with E-state index in [1.54, 1.807) is 12.1 Å². The number of amides is 1. The Labute approximate surface area is 129 Å². The van der Waals surface area contributed by atoms with Crippen molar-refractivity contribution in [2.75, 3.05) is 11.1 Å². The molecule has 7 nitrogen and oxygen atoms in total. The summed E-state index contributed by atoms with van der Waals surface area (Å²) < 4.78 is 24.1. The molecule has 2 aromatic rings. The Morgan fingerprint density at radius 1 is 1.32 bits per heavy atom. The molecule has 2 N–H and O–H groups in total. The monoisotopic (exact) mass is 322 g/mol. The molecular weight excluding hydrogens is 304 g/mol. The number of anilines is 1. The summed E-state index contributed by atoms with van der Waals surface area (Å²) >= 11 is 0. The first-order valence-electron chi connectivity index (χ1n) is 6.90. The van der Waals surface area contributed by atoms with Crippen molar-refractivity contribution in [3.05, 3.63) is 35.7 Å². The number of hydrogen-bond donors (Lipinski definition) is 2. The van der Waals surface area contributed by atoms with Gasteiger partial charge in [0.2, 0.25) is 5.95 Å². The number of sulfone groups is 1. The normalized spacial score (nSPS) is 11.6. The van der Waals surface area contributed by atoms with E-state index >= 15 is 0 Å². The van der Waals surface area contributed by atoms with E-state index in [9.17, 15) is 13.2 Å². The van der Waals surface area contributed by atoms with Gasteiger partial charge in [0.1, 0.15) is 5.82 Å². The quantitative estimate of drug-likeness (QED) is 0.875. The molecule has 0 atom stereocenters. The molecule has 2 rings (SSSR count). The van der Waals surface area contributed by atoms with Crippen LogP contribution < -0.4 is 5.32 Å². The predicted molar refractivity (Wildman–Crippen MR) is 82.6 cm³/mol. The van der Waals surface area contributed by atoms with Gasteiger partial charge in [-0.15, -0.1) is 5.10 Å². The first-order chi connectivity index (χ1) is 10.3. The zero-order valence-electron chi connectivity index (χ0n) is 12.6. The summed E-state index contributed by atoms with van der Waals surface area (Å²) in [5.74, 6) is 0.283. The summed E-state index contributed by atoms with van der Waals surface area (Å²) in [6, 6.07) is 6.09. The second kappa shape index (κ2) is 6.27. The highest BCUT2D eigenvalue weighted by molar-refractivity contribution is 7.91. The lowest BCUT2D eigenvalue weighted by Gasteiger charge is -2.08. The smallest absolute Gasteiger partial charge is 0.259 e. The molecule has 0 fully saturated rings. The molecule has 0 aliphatic rings. The number of nitrogens with zero attached hydrogens (tertiary/aromatic N) is 2. The SMILES string of the molecule is CCS(=O)(=O)c1ccccc1C(=O)Nc1n[nH]c(C(C)C)n1. The largest absolute Gasteiger partial charge is 0.289 e. The van der Waals surface area contributed by atoms with Gasteiger partial charge >= 0.3 is 0 Å². The standard InChI is InChI=1S/C14H18N4O3S/c1-4-22(20,21)11-8-6-5-7-10(11)13(19)16-14-15-12(9(2)3)17-18-14/h5-9H,4H2,1-3H3,(H2,15,16,17,18,19). The molecule has 8 heteroatoms. The highest BCUT2D eigenvalue weighted by atomic mass is 32.2. The minimum atomic E-state index is -3.48. The van der Waals surface area contributed by atoms with Gasteiger partial charge in [-0.3, -0.25) is 15.2 Å². The van der Waals surface area contributed by atoms with Crippen LogP contribution in [0.25, 0.3) is 0 Å². The highest BCUT2D eigenvalue weighted by Crippen LogP contribution is 2.18. The fourth-order valence-electron chi connectivity index (χ4n) is 1.84. The lowest BCUT2D eigenvalue weighted by Crippen LogP contribution is -2.18. The molecule has 0 aliphatic carbocycles. The molecule has 22 heavy (non-hydrogen) atoms. The molecule has 118 valence electrons. The summed E-state index contributed by atoms with van der Waals surface area (Å²) in [6.07, 6.45) is 0. The topological polar surface area (TPSA) is 105 Å². The van der Waals surface area contributed by atoms with Crippen molar-refractivity contribution in [2.24, 2.45) is 0 Å². The molecule has 0 aliphatic heterocycles.